The number of nitrogens with one attached hydrogen (secondary N) is 1. The molecule has 1 aliphatic carbocycles. The topological polar surface area (TPSA) is 75.3 Å². The van der Waals surface area contributed by atoms with Crippen molar-refractivity contribution < 1.29 is 9.53 Å². The van der Waals surface area contributed by atoms with Crippen molar-refractivity contribution in [3.63, 3.8) is 0 Å². The number of benzene rings is 1. The summed E-state index contributed by atoms with van der Waals surface area (Å²) in [5.41, 5.74) is 2.93. The van der Waals surface area contributed by atoms with Crippen molar-refractivity contribution in [3.8, 4) is 0 Å². The van der Waals surface area contributed by atoms with E-state index in [1.807, 2.05) is 0 Å². The van der Waals surface area contributed by atoms with Crippen molar-refractivity contribution in [3.05, 3.63) is 62.0 Å². The number of nitrogens with zero attached hydrogens (tertiary/aromatic N) is 2. The number of carbonyl (C=O) groups excluding carboxylic acids is 1. The summed E-state index contributed by atoms with van der Waals surface area (Å²) >= 11 is 1.22. The summed E-state index contributed by atoms with van der Waals surface area (Å²) in [7, 11) is 1.34. The lowest BCUT2D eigenvalue weighted by molar-refractivity contribution is 0.0605. The summed E-state index contributed by atoms with van der Waals surface area (Å²) in [6.45, 7) is 5.24. The van der Waals surface area contributed by atoms with Crippen molar-refractivity contribution >= 4 is 27.5 Å². The molecule has 0 bridgehead atoms. The smallest absolute Gasteiger partial charge is 0.348 e. The van der Waals surface area contributed by atoms with E-state index in [4.69, 9.17) is 4.74 Å². The highest BCUT2D eigenvalue weighted by Gasteiger charge is 2.30. The quantitative estimate of drug-likeness (QED) is 0.644. The number of methoxy groups -OCH3 is 1. The normalized spacial score (nSPS) is 14.0. The fourth-order valence-corrected chi connectivity index (χ4v) is 4.54. The summed E-state index contributed by atoms with van der Waals surface area (Å²) in [4.78, 5) is 35.5. The van der Waals surface area contributed by atoms with Gasteiger partial charge in [-0.15, -0.1) is 11.3 Å². The maximum absolute atomic E-state index is 12.6. The lowest BCUT2D eigenvalue weighted by atomic mass is 10.1. The van der Waals surface area contributed by atoms with Gasteiger partial charge in [0.15, 0.2) is 0 Å². The van der Waals surface area contributed by atoms with E-state index in [2.05, 4.69) is 46.1 Å². The maximum Gasteiger partial charge on any atom is 0.348 e. The summed E-state index contributed by atoms with van der Waals surface area (Å²) in [5.74, 6) is 0.203. The van der Waals surface area contributed by atoms with Crippen LogP contribution in [0.3, 0.4) is 0 Å². The molecule has 1 saturated carbocycles. The third-order valence-corrected chi connectivity index (χ3v) is 6.31. The molecule has 0 radical (unpaired) electrons. The number of fused-ring (bicyclic) bond motifs is 1. The molecule has 6 nitrogen and oxygen atoms in total. The summed E-state index contributed by atoms with van der Waals surface area (Å²) < 4.78 is 4.82. The van der Waals surface area contributed by atoms with Gasteiger partial charge in [-0.05, 0) is 37.8 Å². The molecule has 1 aliphatic rings. The lowest BCUT2D eigenvalue weighted by Crippen LogP contribution is -2.27. The second-order valence-electron chi connectivity index (χ2n) is 7.36. The maximum atomic E-state index is 12.6. The van der Waals surface area contributed by atoms with Crippen molar-refractivity contribution in [1.29, 1.82) is 0 Å². The van der Waals surface area contributed by atoms with E-state index in [1.165, 1.54) is 42.4 Å². The van der Waals surface area contributed by atoms with Crippen LogP contribution >= 0.6 is 11.3 Å². The molecule has 0 unspecified atom stereocenters. The monoisotopic (exact) mass is 397 g/mol. The standard InChI is InChI=1S/C21H23N3O3S/c1-12-4-6-14(7-5-12)10-24(15-8-9-15)11-16-22-19(25)17-13(2)18(21(26)27-3)28-20(17)23-16/h4-7,15H,8-11H2,1-3H3,(H,22,23,25). The number of H-pyrrole nitrogens is 1. The van der Waals surface area contributed by atoms with Gasteiger partial charge in [0.25, 0.3) is 5.56 Å². The molecular formula is C21H23N3O3S. The van der Waals surface area contributed by atoms with Gasteiger partial charge in [0, 0.05) is 12.6 Å². The number of hydrogen-bond acceptors (Lipinski definition) is 6. The van der Waals surface area contributed by atoms with Gasteiger partial charge >= 0.3 is 5.97 Å². The minimum absolute atomic E-state index is 0.199. The van der Waals surface area contributed by atoms with E-state index in [0.29, 0.717) is 39.1 Å². The van der Waals surface area contributed by atoms with Crippen LogP contribution in [0.15, 0.2) is 29.1 Å². The first-order valence-electron chi connectivity index (χ1n) is 9.36. The van der Waals surface area contributed by atoms with Gasteiger partial charge in [-0.3, -0.25) is 9.69 Å². The second kappa shape index (κ2) is 7.48. The average molecular weight is 398 g/mol. The van der Waals surface area contributed by atoms with Crippen molar-refractivity contribution in [2.45, 2.75) is 45.8 Å². The molecule has 0 amide bonds. The molecule has 1 fully saturated rings. The number of aromatic amines is 1. The SMILES string of the molecule is COC(=O)c1sc2nc(CN(Cc3ccc(C)cc3)C3CC3)[nH]c(=O)c2c1C. The Bertz CT molecular complexity index is 1080. The highest BCUT2D eigenvalue weighted by Crippen LogP contribution is 2.31. The first-order chi connectivity index (χ1) is 13.5. The van der Waals surface area contributed by atoms with Crippen LogP contribution in [0, 0.1) is 13.8 Å². The first kappa shape index (κ1) is 18.8. The Hall–Kier alpha value is -2.51. The summed E-state index contributed by atoms with van der Waals surface area (Å²) in [5, 5.41) is 0.477. The minimum atomic E-state index is -0.430. The van der Waals surface area contributed by atoms with E-state index < -0.39 is 5.97 Å². The van der Waals surface area contributed by atoms with Gasteiger partial charge in [0.2, 0.25) is 0 Å². The van der Waals surface area contributed by atoms with Gasteiger partial charge in [-0.2, -0.15) is 0 Å². The van der Waals surface area contributed by atoms with Crippen molar-refractivity contribution in [2.24, 2.45) is 0 Å². The van der Waals surface area contributed by atoms with Gasteiger partial charge < -0.3 is 9.72 Å². The van der Waals surface area contributed by atoms with Crippen LogP contribution in [0.2, 0.25) is 0 Å². The molecule has 1 N–H and O–H groups in total. The number of aromatic nitrogens is 2. The van der Waals surface area contributed by atoms with Crippen LogP contribution in [-0.2, 0) is 17.8 Å². The molecule has 146 valence electrons. The number of ether oxygens (including phenoxy) is 1. The van der Waals surface area contributed by atoms with Crippen LogP contribution < -0.4 is 5.56 Å². The van der Waals surface area contributed by atoms with E-state index in [-0.39, 0.29) is 5.56 Å². The third-order valence-electron chi connectivity index (χ3n) is 5.14. The van der Waals surface area contributed by atoms with Gasteiger partial charge in [0.05, 0.1) is 19.0 Å². The fraction of sp³-hybridized carbons (Fsp3) is 0.381. The van der Waals surface area contributed by atoms with E-state index in [9.17, 15) is 9.59 Å². The third kappa shape index (κ3) is 3.72. The predicted molar refractivity (Wildman–Crippen MR) is 110 cm³/mol. The highest BCUT2D eigenvalue weighted by molar-refractivity contribution is 7.20. The largest absolute Gasteiger partial charge is 0.465 e. The van der Waals surface area contributed by atoms with E-state index in [1.54, 1.807) is 6.92 Å². The molecule has 4 rings (SSSR count). The van der Waals surface area contributed by atoms with Crippen LogP contribution in [0.5, 0.6) is 0 Å². The molecule has 0 atom stereocenters. The number of esters is 1. The van der Waals surface area contributed by atoms with Gasteiger partial charge in [-0.1, -0.05) is 29.8 Å². The second-order valence-corrected chi connectivity index (χ2v) is 8.36. The lowest BCUT2D eigenvalue weighted by Gasteiger charge is -2.21. The average Bonchev–Trinajstić information content (AvgIpc) is 3.46. The van der Waals surface area contributed by atoms with Crippen LogP contribution in [0.1, 0.15) is 45.0 Å². The zero-order valence-corrected chi connectivity index (χ0v) is 17.1. The Labute approximate surface area is 167 Å². The molecule has 0 aliphatic heterocycles. The molecule has 7 heteroatoms. The van der Waals surface area contributed by atoms with E-state index >= 15 is 0 Å². The van der Waals surface area contributed by atoms with Crippen LogP contribution in [0.4, 0.5) is 0 Å². The summed E-state index contributed by atoms with van der Waals surface area (Å²) in [6.07, 6.45) is 2.34. The Morgan fingerprint density at radius 2 is 1.96 bits per heavy atom. The fourth-order valence-electron chi connectivity index (χ4n) is 3.42. The molecule has 2 heterocycles. The first-order valence-corrected chi connectivity index (χ1v) is 10.2. The molecule has 2 aromatic heterocycles. The molecule has 1 aromatic carbocycles. The highest BCUT2D eigenvalue weighted by atomic mass is 32.1. The van der Waals surface area contributed by atoms with Gasteiger partial charge in [0.1, 0.15) is 15.5 Å². The predicted octanol–water partition coefficient (Wildman–Crippen LogP) is 3.55. The molecule has 3 aromatic rings. The molecule has 0 saturated heterocycles. The Balaban J connectivity index is 1.63. The van der Waals surface area contributed by atoms with Crippen LogP contribution in [0.25, 0.3) is 10.2 Å². The molecule has 0 spiro atoms. The Morgan fingerprint density at radius 3 is 2.61 bits per heavy atom. The molecule has 28 heavy (non-hydrogen) atoms. The minimum Gasteiger partial charge on any atom is -0.465 e. The Kier molecular flexibility index (Phi) is 5.03. The van der Waals surface area contributed by atoms with Gasteiger partial charge in [-0.25, -0.2) is 9.78 Å². The number of thiophene rings is 1. The molecular weight excluding hydrogens is 374 g/mol. The van der Waals surface area contributed by atoms with E-state index in [0.717, 1.165) is 6.54 Å². The number of rotatable bonds is 6. The zero-order chi connectivity index (χ0) is 19.8. The van der Waals surface area contributed by atoms with Crippen LogP contribution in [-0.4, -0.2) is 34.0 Å². The Morgan fingerprint density at radius 1 is 1.25 bits per heavy atom. The van der Waals surface area contributed by atoms with Crippen molar-refractivity contribution in [2.75, 3.05) is 7.11 Å². The zero-order valence-electron chi connectivity index (χ0n) is 16.2. The number of aryl methyl sites for hydroxylation is 2. The number of hydrogen-bond donors (Lipinski definition) is 1. The van der Waals surface area contributed by atoms with Crippen molar-refractivity contribution in [1.82, 2.24) is 14.9 Å². The number of carbonyl (C=O) groups is 1. The summed E-state index contributed by atoms with van der Waals surface area (Å²) in [6, 6.07) is 9.06.